The summed E-state index contributed by atoms with van der Waals surface area (Å²) in [6.45, 7) is 5.87. The van der Waals surface area contributed by atoms with E-state index in [4.69, 9.17) is 16.3 Å². The lowest BCUT2D eigenvalue weighted by atomic mass is 10.1. The van der Waals surface area contributed by atoms with Crippen molar-refractivity contribution in [2.45, 2.75) is 33.3 Å². The fourth-order valence-corrected chi connectivity index (χ4v) is 2.34. The number of hydrogen-bond donors (Lipinski definition) is 1. The molecule has 0 heterocycles. The molecule has 3 nitrogen and oxygen atoms in total. The normalized spacial score (nSPS) is 11.8. The molecule has 1 amide bonds. The van der Waals surface area contributed by atoms with Gasteiger partial charge in [0.15, 0.2) is 6.10 Å². The molecule has 0 bridgehead atoms. The number of aryl methyl sites for hydroxylation is 2. The van der Waals surface area contributed by atoms with Crippen LogP contribution in [0.2, 0.25) is 5.02 Å². The van der Waals surface area contributed by atoms with Gasteiger partial charge in [0.2, 0.25) is 0 Å². The van der Waals surface area contributed by atoms with Crippen molar-refractivity contribution in [3.63, 3.8) is 0 Å². The second-order valence-corrected chi connectivity index (χ2v) is 5.66. The van der Waals surface area contributed by atoms with Crippen molar-refractivity contribution in [2.75, 3.05) is 5.32 Å². The number of anilines is 1. The highest BCUT2D eigenvalue weighted by Gasteiger charge is 2.19. The zero-order valence-electron chi connectivity index (χ0n) is 13.0. The SMILES string of the molecule is CC[C@H](Oc1ccc(Cl)cc1)C(=O)Nc1c(C)cccc1C. The lowest BCUT2D eigenvalue weighted by Crippen LogP contribution is -2.32. The van der Waals surface area contributed by atoms with Crippen molar-refractivity contribution in [1.29, 1.82) is 0 Å². The van der Waals surface area contributed by atoms with Gasteiger partial charge in [-0.25, -0.2) is 0 Å². The molecule has 0 saturated carbocycles. The van der Waals surface area contributed by atoms with Gasteiger partial charge in [0.05, 0.1) is 0 Å². The molecule has 0 saturated heterocycles. The molecule has 0 radical (unpaired) electrons. The molecule has 1 N–H and O–H groups in total. The van der Waals surface area contributed by atoms with Gasteiger partial charge < -0.3 is 10.1 Å². The first-order valence-electron chi connectivity index (χ1n) is 7.30. The third-order valence-corrected chi connectivity index (χ3v) is 3.74. The summed E-state index contributed by atoms with van der Waals surface area (Å²) >= 11 is 5.85. The molecular formula is C18H20ClNO2. The first-order valence-corrected chi connectivity index (χ1v) is 7.68. The molecule has 0 aliphatic rings. The Morgan fingerprint density at radius 2 is 1.73 bits per heavy atom. The van der Waals surface area contributed by atoms with Gasteiger partial charge in [-0.3, -0.25) is 4.79 Å². The molecule has 0 spiro atoms. The van der Waals surface area contributed by atoms with Crippen LogP contribution in [0.15, 0.2) is 42.5 Å². The lowest BCUT2D eigenvalue weighted by Gasteiger charge is -2.19. The Morgan fingerprint density at radius 3 is 2.27 bits per heavy atom. The van der Waals surface area contributed by atoms with Crippen LogP contribution in [-0.2, 0) is 4.79 Å². The van der Waals surface area contributed by atoms with Crippen LogP contribution in [0, 0.1) is 13.8 Å². The molecule has 4 heteroatoms. The predicted octanol–water partition coefficient (Wildman–Crippen LogP) is 4.75. The summed E-state index contributed by atoms with van der Waals surface area (Å²) in [6, 6.07) is 12.9. The highest BCUT2D eigenvalue weighted by atomic mass is 35.5. The van der Waals surface area contributed by atoms with E-state index < -0.39 is 6.10 Å². The van der Waals surface area contributed by atoms with Crippen LogP contribution in [0.25, 0.3) is 0 Å². The van der Waals surface area contributed by atoms with Gasteiger partial charge in [0.25, 0.3) is 5.91 Å². The van der Waals surface area contributed by atoms with Crippen molar-refractivity contribution in [1.82, 2.24) is 0 Å². The van der Waals surface area contributed by atoms with E-state index in [2.05, 4.69) is 5.32 Å². The van der Waals surface area contributed by atoms with Crippen LogP contribution in [-0.4, -0.2) is 12.0 Å². The third kappa shape index (κ3) is 4.01. The van der Waals surface area contributed by atoms with E-state index in [1.54, 1.807) is 24.3 Å². The number of para-hydroxylation sites is 1. The highest BCUT2D eigenvalue weighted by molar-refractivity contribution is 6.30. The summed E-state index contributed by atoms with van der Waals surface area (Å²) in [5.74, 6) is 0.489. The number of benzene rings is 2. The lowest BCUT2D eigenvalue weighted by molar-refractivity contribution is -0.122. The van der Waals surface area contributed by atoms with Gasteiger partial charge in [-0.2, -0.15) is 0 Å². The summed E-state index contributed by atoms with van der Waals surface area (Å²) in [6.07, 6.45) is 0.0412. The molecule has 0 aromatic heterocycles. The Morgan fingerprint density at radius 1 is 1.14 bits per heavy atom. The van der Waals surface area contributed by atoms with E-state index in [0.29, 0.717) is 17.2 Å². The van der Waals surface area contributed by atoms with Crippen molar-refractivity contribution in [3.8, 4) is 5.75 Å². The van der Waals surface area contributed by atoms with E-state index in [9.17, 15) is 4.79 Å². The number of halogens is 1. The Kier molecular flexibility index (Phi) is 5.45. The Hall–Kier alpha value is -2.00. The van der Waals surface area contributed by atoms with Crippen LogP contribution < -0.4 is 10.1 Å². The van der Waals surface area contributed by atoms with E-state index in [1.165, 1.54) is 0 Å². The van der Waals surface area contributed by atoms with Crippen molar-refractivity contribution in [2.24, 2.45) is 0 Å². The quantitative estimate of drug-likeness (QED) is 0.864. The number of amides is 1. The monoisotopic (exact) mass is 317 g/mol. The van der Waals surface area contributed by atoms with Gasteiger partial charge in [-0.05, 0) is 55.7 Å². The predicted molar refractivity (Wildman–Crippen MR) is 90.7 cm³/mol. The highest BCUT2D eigenvalue weighted by Crippen LogP contribution is 2.21. The van der Waals surface area contributed by atoms with Crippen LogP contribution in [0.3, 0.4) is 0 Å². The van der Waals surface area contributed by atoms with Crippen molar-refractivity contribution in [3.05, 3.63) is 58.6 Å². The molecule has 0 fully saturated rings. The fraction of sp³-hybridized carbons (Fsp3) is 0.278. The minimum Gasteiger partial charge on any atom is -0.481 e. The van der Waals surface area contributed by atoms with Crippen molar-refractivity contribution >= 4 is 23.2 Å². The average Bonchev–Trinajstić information content (AvgIpc) is 2.50. The van der Waals surface area contributed by atoms with Crippen LogP contribution in [0.5, 0.6) is 5.75 Å². The van der Waals surface area contributed by atoms with Crippen LogP contribution in [0.1, 0.15) is 24.5 Å². The number of nitrogens with one attached hydrogen (secondary N) is 1. The molecule has 0 aliphatic carbocycles. The van der Waals surface area contributed by atoms with Gasteiger partial charge in [0, 0.05) is 10.7 Å². The zero-order valence-corrected chi connectivity index (χ0v) is 13.8. The first-order chi connectivity index (χ1) is 10.5. The minimum atomic E-state index is -0.541. The Labute approximate surface area is 136 Å². The average molecular weight is 318 g/mol. The van der Waals surface area contributed by atoms with E-state index in [1.807, 2.05) is 39.0 Å². The van der Waals surface area contributed by atoms with Crippen LogP contribution >= 0.6 is 11.6 Å². The molecule has 0 aliphatic heterocycles. The number of hydrogen-bond acceptors (Lipinski definition) is 2. The summed E-state index contributed by atoms with van der Waals surface area (Å²) in [7, 11) is 0. The largest absolute Gasteiger partial charge is 0.481 e. The summed E-state index contributed by atoms with van der Waals surface area (Å²) < 4.78 is 5.76. The van der Waals surface area contributed by atoms with Crippen molar-refractivity contribution < 1.29 is 9.53 Å². The Bertz CT molecular complexity index is 632. The minimum absolute atomic E-state index is 0.144. The molecule has 2 aromatic rings. The van der Waals surface area contributed by atoms with Gasteiger partial charge in [-0.1, -0.05) is 36.7 Å². The van der Waals surface area contributed by atoms with E-state index in [0.717, 1.165) is 16.8 Å². The maximum absolute atomic E-state index is 12.5. The number of carbonyl (C=O) groups is 1. The third-order valence-electron chi connectivity index (χ3n) is 3.48. The Balaban J connectivity index is 2.10. The maximum Gasteiger partial charge on any atom is 0.265 e. The number of ether oxygens (including phenoxy) is 1. The summed E-state index contributed by atoms with van der Waals surface area (Å²) in [5.41, 5.74) is 2.93. The number of carbonyl (C=O) groups excluding carboxylic acids is 1. The second-order valence-electron chi connectivity index (χ2n) is 5.22. The zero-order chi connectivity index (χ0) is 16.1. The van der Waals surface area contributed by atoms with Gasteiger partial charge in [0.1, 0.15) is 5.75 Å². The molecule has 22 heavy (non-hydrogen) atoms. The molecule has 2 aromatic carbocycles. The maximum atomic E-state index is 12.5. The van der Waals surface area contributed by atoms with Gasteiger partial charge in [-0.15, -0.1) is 0 Å². The first kappa shape index (κ1) is 16.4. The standard InChI is InChI=1S/C18H20ClNO2/c1-4-16(22-15-10-8-14(19)9-11-15)18(21)20-17-12(2)6-5-7-13(17)3/h5-11,16H,4H2,1-3H3,(H,20,21)/t16-/m0/s1. The van der Waals surface area contributed by atoms with E-state index >= 15 is 0 Å². The number of rotatable bonds is 5. The summed E-state index contributed by atoms with van der Waals surface area (Å²) in [4.78, 5) is 12.5. The molecule has 116 valence electrons. The van der Waals surface area contributed by atoms with Crippen LogP contribution in [0.4, 0.5) is 5.69 Å². The molecular weight excluding hydrogens is 298 g/mol. The smallest absolute Gasteiger partial charge is 0.265 e. The second kappa shape index (κ2) is 7.32. The molecule has 0 unspecified atom stereocenters. The molecule has 2 rings (SSSR count). The summed E-state index contributed by atoms with van der Waals surface area (Å²) in [5, 5.41) is 3.61. The topological polar surface area (TPSA) is 38.3 Å². The fourth-order valence-electron chi connectivity index (χ4n) is 2.21. The van der Waals surface area contributed by atoms with Gasteiger partial charge >= 0.3 is 0 Å². The molecule has 1 atom stereocenters. The van der Waals surface area contributed by atoms with E-state index in [-0.39, 0.29) is 5.91 Å².